The fourth-order valence-corrected chi connectivity index (χ4v) is 2.35. The zero-order valence-electron chi connectivity index (χ0n) is 12.1. The summed E-state index contributed by atoms with van der Waals surface area (Å²) >= 11 is 0. The first-order chi connectivity index (χ1) is 9.70. The molecule has 0 heterocycles. The molecule has 0 amide bonds. The van der Waals surface area contributed by atoms with Crippen molar-refractivity contribution < 1.29 is 4.79 Å². The van der Waals surface area contributed by atoms with Crippen LogP contribution in [-0.2, 0) is 11.2 Å². The Hall–Kier alpha value is -2.15. The Morgan fingerprint density at radius 2 is 1.65 bits per heavy atom. The first-order valence-electron chi connectivity index (χ1n) is 6.97. The molecule has 0 saturated carbocycles. The van der Waals surface area contributed by atoms with Gasteiger partial charge in [-0.2, -0.15) is 0 Å². The maximum atomic E-state index is 10.4. The second kappa shape index (κ2) is 6.85. The van der Waals surface area contributed by atoms with Gasteiger partial charge in [-0.15, -0.1) is 0 Å². The van der Waals surface area contributed by atoms with Crippen LogP contribution in [0.1, 0.15) is 34.2 Å². The van der Waals surface area contributed by atoms with Crippen molar-refractivity contribution in [2.75, 3.05) is 0 Å². The molecule has 0 bridgehead atoms. The lowest BCUT2D eigenvalue weighted by Gasteiger charge is -2.05. The number of benzene rings is 2. The van der Waals surface area contributed by atoms with E-state index >= 15 is 0 Å². The van der Waals surface area contributed by atoms with Crippen LogP contribution in [0.4, 0.5) is 0 Å². The molecule has 1 nitrogen and oxygen atoms in total. The van der Waals surface area contributed by atoms with Gasteiger partial charge < -0.3 is 4.79 Å². The van der Waals surface area contributed by atoms with Crippen LogP contribution in [0.25, 0.3) is 12.2 Å². The van der Waals surface area contributed by atoms with Crippen LogP contribution >= 0.6 is 0 Å². The van der Waals surface area contributed by atoms with Crippen molar-refractivity contribution in [1.82, 2.24) is 0 Å². The molecular weight excluding hydrogens is 244 g/mol. The summed E-state index contributed by atoms with van der Waals surface area (Å²) in [5, 5.41) is 0. The molecule has 2 aromatic rings. The lowest BCUT2D eigenvalue weighted by atomic mass is 10.0. The third-order valence-corrected chi connectivity index (χ3v) is 3.49. The Morgan fingerprint density at radius 1 is 0.950 bits per heavy atom. The van der Waals surface area contributed by atoms with E-state index in [2.05, 4.69) is 62.4 Å². The smallest absolute Gasteiger partial charge is 0.120 e. The average molecular weight is 264 g/mol. The Bertz CT molecular complexity index is 603. The van der Waals surface area contributed by atoms with Crippen molar-refractivity contribution in [3.63, 3.8) is 0 Å². The summed E-state index contributed by atoms with van der Waals surface area (Å²) < 4.78 is 0. The van der Waals surface area contributed by atoms with Gasteiger partial charge in [-0.3, -0.25) is 0 Å². The minimum absolute atomic E-state index is 0.587. The number of carbonyl (C=O) groups excluding carboxylic acids is 1. The Balaban J connectivity index is 2.21. The molecule has 0 saturated heterocycles. The Morgan fingerprint density at radius 3 is 2.35 bits per heavy atom. The molecular formula is C19H20O. The third kappa shape index (κ3) is 3.67. The van der Waals surface area contributed by atoms with Gasteiger partial charge in [0.2, 0.25) is 0 Å². The molecule has 102 valence electrons. The highest BCUT2D eigenvalue weighted by Crippen LogP contribution is 2.17. The van der Waals surface area contributed by atoms with Crippen molar-refractivity contribution in [2.24, 2.45) is 0 Å². The van der Waals surface area contributed by atoms with Crippen LogP contribution in [0.15, 0.2) is 42.5 Å². The molecule has 2 rings (SSSR count). The van der Waals surface area contributed by atoms with E-state index in [0.717, 1.165) is 12.7 Å². The number of aldehydes is 1. The summed E-state index contributed by atoms with van der Waals surface area (Å²) in [4.78, 5) is 10.4. The van der Waals surface area contributed by atoms with Crippen LogP contribution in [-0.4, -0.2) is 6.29 Å². The topological polar surface area (TPSA) is 17.1 Å². The maximum Gasteiger partial charge on any atom is 0.120 e. The van der Waals surface area contributed by atoms with Gasteiger partial charge in [-0.05, 0) is 48.1 Å². The molecule has 0 atom stereocenters. The first-order valence-corrected chi connectivity index (χ1v) is 6.97. The van der Waals surface area contributed by atoms with E-state index in [-0.39, 0.29) is 0 Å². The monoisotopic (exact) mass is 264 g/mol. The number of rotatable bonds is 5. The lowest BCUT2D eigenvalue weighted by Crippen LogP contribution is -1.87. The quantitative estimate of drug-likeness (QED) is 0.569. The lowest BCUT2D eigenvalue weighted by molar-refractivity contribution is -0.107. The highest BCUT2D eigenvalue weighted by atomic mass is 16.1. The fourth-order valence-electron chi connectivity index (χ4n) is 2.35. The van der Waals surface area contributed by atoms with Gasteiger partial charge in [-0.1, -0.05) is 54.6 Å². The molecule has 0 fully saturated rings. The highest BCUT2D eigenvalue weighted by Gasteiger charge is 1.98. The number of hydrogen-bond acceptors (Lipinski definition) is 1. The van der Waals surface area contributed by atoms with E-state index in [4.69, 9.17) is 0 Å². The first kappa shape index (κ1) is 14.3. The van der Waals surface area contributed by atoms with Crippen molar-refractivity contribution >= 4 is 18.4 Å². The summed E-state index contributed by atoms with van der Waals surface area (Å²) in [6, 6.07) is 14.7. The summed E-state index contributed by atoms with van der Waals surface area (Å²) in [5.74, 6) is 0. The summed E-state index contributed by atoms with van der Waals surface area (Å²) in [7, 11) is 0. The SMILES string of the molecule is Cc1cccc(C)c1/C=C/c1cccc(CCC=O)c1. The highest BCUT2D eigenvalue weighted by molar-refractivity contribution is 5.72. The molecule has 1 heteroatoms. The zero-order valence-corrected chi connectivity index (χ0v) is 12.1. The largest absolute Gasteiger partial charge is 0.303 e. The van der Waals surface area contributed by atoms with Gasteiger partial charge in [0.05, 0.1) is 0 Å². The average Bonchev–Trinajstić information content (AvgIpc) is 2.45. The zero-order chi connectivity index (χ0) is 14.4. The Kier molecular flexibility index (Phi) is 4.89. The molecule has 0 N–H and O–H groups in total. The second-order valence-electron chi connectivity index (χ2n) is 5.09. The van der Waals surface area contributed by atoms with Gasteiger partial charge in [0.25, 0.3) is 0 Å². The van der Waals surface area contributed by atoms with Gasteiger partial charge in [0.15, 0.2) is 0 Å². The minimum atomic E-state index is 0.587. The summed E-state index contributed by atoms with van der Waals surface area (Å²) in [5.41, 5.74) is 6.25. The van der Waals surface area contributed by atoms with Crippen molar-refractivity contribution in [3.05, 3.63) is 70.3 Å². The molecule has 2 aromatic carbocycles. The van der Waals surface area contributed by atoms with Crippen LogP contribution < -0.4 is 0 Å². The van der Waals surface area contributed by atoms with E-state index in [0.29, 0.717) is 6.42 Å². The Labute approximate surface area is 121 Å². The molecule has 0 aliphatic rings. The van der Waals surface area contributed by atoms with E-state index < -0.39 is 0 Å². The molecule has 0 radical (unpaired) electrons. The minimum Gasteiger partial charge on any atom is -0.303 e. The molecule has 0 aromatic heterocycles. The molecule has 0 spiro atoms. The third-order valence-electron chi connectivity index (χ3n) is 3.49. The van der Waals surface area contributed by atoms with Gasteiger partial charge in [-0.25, -0.2) is 0 Å². The van der Waals surface area contributed by atoms with E-state index in [1.165, 1.54) is 27.8 Å². The van der Waals surface area contributed by atoms with Crippen molar-refractivity contribution in [2.45, 2.75) is 26.7 Å². The van der Waals surface area contributed by atoms with Gasteiger partial charge in [0, 0.05) is 6.42 Å². The number of aryl methyl sites for hydroxylation is 3. The van der Waals surface area contributed by atoms with Crippen LogP contribution in [0.5, 0.6) is 0 Å². The van der Waals surface area contributed by atoms with Crippen LogP contribution in [0.2, 0.25) is 0 Å². The van der Waals surface area contributed by atoms with Crippen LogP contribution in [0, 0.1) is 13.8 Å². The number of hydrogen-bond donors (Lipinski definition) is 0. The fraction of sp³-hybridized carbons (Fsp3) is 0.211. The normalized spacial score (nSPS) is 10.9. The van der Waals surface area contributed by atoms with E-state index in [9.17, 15) is 4.79 Å². The standard InChI is InChI=1S/C19H20O/c1-15-6-3-7-16(2)19(15)12-11-18-9-4-8-17(14-18)10-5-13-20/h3-4,6-9,11-14H,5,10H2,1-2H3/b12-11+. The molecule has 20 heavy (non-hydrogen) atoms. The second-order valence-corrected chi connectivity index (χ2v) is 5.09. The van der Waals surface area contributed by atoms with Crippen molar-refractivity contribution in [3.8, 4) is 0 Å². The van der Waals surface area contributed by atoms with Crippen LogP contribution in [0.3, 0.4) is 0 Å². The summed E-state index contributed by atoms with van der Waals surface area (Å²) in [6.45, 7) is 4.26. The predicted molar refractivity (Wildman–Crippen MR) is 85.7 cm³/mol. The summed E-state index contributed by atoms with van der Waals surface area (Å²) in [6.07, 6.45) is 6.68. The molecule has 0 aliphatic heterocycles. The predicted octanol–water partition coefficient (Wildman–Crippen LogP) is 4.61. The molecule has 0 unspecified atom stereocenters. The van der Waals surface area contributed by atoms with Crippen molar-refractivity contribution in [1.29, 1.82) is 0 Å². The van der Waals surface area contributed by atoms with E-state index in [1.807, 2.05) is 6.07 Å². The number of carbonyl (C=O) groups is 1. The van der Waals surface area contributed by atoms with E-state index in [1.54, 1.807) is 0 Å². The van der Waals surface area contributed by atoms with Gasteiger partial charge >= 0.3 is 0 Å². The maximum absolute atomic E-state index is 10.4. The molecule has 0 aliphatic carbocycles. The van der Waals surface area contributed by atoms with Gasteiger partial charge in [0.1, 0.15) is 6.29 Å².